The molecular weight excluding hydrogens is 383 g/mol. The first kappa shape index (κ1) is 19.0. The molecule has 0 atom stereocenters. The van der Waals surface area contributed by atoms with Crippen molar-refractivity contribution >= 4 is 23.2 Å². The summed E-state index contributed by atoms with van der Waals surface area (Å²) in [6.45, 7) is 2.80. The van der Waals surface area contributed by atoms with Gasteiger partial charge in [-0.25, -0.2) is 9.48 Å². The highest BCUT2D eigenvalue weighted by Crippen LogP contribution is 2.34. The number of likely N-dealkylation sites (tertiary alicyclic amines) is 1. The number of benzene rings is 1. The van der Waals surface area contributed by atoms with Crippen molar-refractivity contribution in [2.45, 2.75) is 57.0 Å². The van der Waals surface area contributed by atoms with Gasteiger partial charge in [-0.3, -0.25) is 9.47 Å². The third-order valence-corrected chi connectivity index (χ3v) is 6.62. The number of halogens is 2. The Morgan fingerprint density at radius 2 is 1.81 bits per heavy atom. The number of hydrogen-bond acceptors (Lipinski definition) is 3. The second-order valence-electron chi connectivity index (χ2n) is 7.86. The maximum atomic E-state index is 12.6. The molecular formula is C20H26Cl2N4O. The average Bonchev–Trinajstić information content (AvgIpc) is 3.27. The van der Waals surface area contributed by atoms with Crippen LogP contribution in [-0.4, -0.2) is 32.3 Å². The smallest absolute Gasteiger partial charge is 0.299 e. The Hall–Kier alpha value is -1.30. The van der Waals surface area contributed by atoms with Gasteiger partial charge < -0.3 is 0 Å². The van der Waals surface area contributed by atoms with Gasteiger partial charge in [0.15, 0.2) is 0 Å². The predicted octanol–water partition coefficient (Wildman–Crippen LogP) is 4.38. The summed E-state index contributed by atoms with van der Waals surface area (Å²) in [5.41, 5.74) is 1.16. The Morgan fingerprint density at radius 3 is 2.48 bits per heavy atom. The average molecular weight is 409 g/mol. The van der Waals surface area contributed by atoms with E-state index in [1.807, 2.05) is 16.7 Å². The molecule has 0 spiro atoms. The van der Waals surface area contributed by atoms with Gasteiger partial charge in [0.05, 0.1) is 0 Å². The lowest BCUT2D eigenvalue weighted by Crippen LogP contribution is -2.34. The number of aryl methyl sites for hydroxylation is 1. The molecule has 1 aliphatic heterocycles. The van der Waals surface area contributed by atoms with E-state index in [1.165, 1.54) is 17.5 Å². The van der Waals surface area contributed by atoms with E-state index in [4.69, 9.17) is 23.2 Å². The Balaban J connectivity index is 1.45. The fourth-order valence-electron chi connectivity index (χ4n) is 4.52. The van der Waals surface area contributed by atoms with Crippen LogP contribution in [0.1, 0.15) is 61.9 Å². The van der Waals surface area contributed by atoms with Crippen LogP contribution >= 0.6 is 23.2 Å². The van der Waals surface area contributed by atoms with Gasteiger partial charge in [-0.15, -0.1) is 0 Å². The van der Waals surface area contributed by atoms with Gasteiger partial charge in [-0.05, 0) is 56.5 Å². The molecule has 2 aliphatic rings. The molecule has 0 bridgehead atoms. The van der Waals surface area contributed by atoms with Crippen LogP contribution in [0.15, 0.2) is 23.0 Å². The molecule has 27 heavy (non-hydrogen) atoms. The van der Waals surface area contributed by atoms with E-state index >= 15 is 0 Å². The van der Waals surface area contributed by atoms with Crippen molar-refractivity contribution in [3.05, 3.63) is 50.1 Å². The fraction of sp³-hybridized carbons (Fsp3) is 0.600. The zero-order chi connectivity index (χ0) is 19.0. The summed E-state index contributed by atoms with van der Waals surface area (Å²) >= 11 is 12.3. The number of aromatic nitrogens is 3. The Morgan fingerprint density at radius 1 is 1.11 bits per heavy atom. The third kappa shape index (κ3) is 3.96. The highest BCUT2D eigenvalue weighted by atomic mass is 35.5. The SMILES string of the molecule is Cn1nc(C2CCN(Cc3ccc(Cl)cc3Cl)CC2)n(C2CCCC2)c1=O. The number of nitrogens with zero attached hydrogens (tertiary/aromatic N) is 4. The minimum atomic E-state index is 0.0484. The van der Waals surface area contributed by atoms with E-state index < -0.39 is 0 Å². The van der Waals surface area contributed by atoms with E-state index in [0.29, 0.717) is 17.0 Å². The van der Waals surface area contributed by atoms with Gasteiger partial charge in [-0.2, -0.15) is 5.10 Å². The first-order chi connectivity index (χ1) is 13.0. The Kier molecular flexibility index (Phi) is 5.62. The lowest BCUT2D eigenvalue weighted by molar-refractivity contribution is 0.198. The van der Waals surface area contributed by atoms with Crippen LogP contribution in [0.3, 0.4) is 0 Å². The lowest BCUT2D eigenvalue weighted by atomic mass is 9.95. The number of rotatable bonds is 4. The third-order valence-electron chi connectivity index (χ3n) is 6.03. The second-order valence-corrected chi connectivity index (χ2v) is 8.70. The summed E-state index contributed by atoms with van der Waals surface area (Å²) in [5, 5.41) is 6.02. The zero-order valence-electron chi connectivity index (χ0n) is 15.7. The molecule has 5 nitrogen and oxygen atoms in total. The van der Waals surface area contributed by atoms with Gasteiger partial charge in [0.25, 0.3) is 0 Å². The highest BCUT2D eigenvalue weighted by molar-refractivity contribution is 6.35. The maximum absolute atomic E-state index is 12.6. The van der Waals surface area contributed by atoms with Crippen molar-refractivity contribution in [2.24, 2.45) is 7.05 Å². The molecule has 0 N–H and O–H groups in total. The largest absolute Gasteiger partial charge is 0.345 e. The van der Waals surface area contributed by atoms with Crippen molar-refractivity contribution in [3.63, 3.8) is 0 Å². The molecule has 0 amide bonds. The Labute approximate surface area is 169 Å². The molecule has 7 heteroatoms. The van der Waals surface area contributed by atoms with E-state index in [9.17, 15) is 4.79 Å². The van der Waals surface area contributed by atoms with Crippen molar-refractivity contribution in [1.82, 2.24) is 19.2 Å². The van der Waals surface area contributed by atoms with E-state index in [0.717, 1.165) is 61.7 Å². The maximum Gasteiger partial charge on any atom is 0.345 e. The Bertz CT molecular complexity index is 861. The molecule has 1 aromatic carbocycles. The topological polar surface area (TPSA) is 43.1 Å². The normalized spacial score (nSPS) is 19.8. The van der Waals surface area contributed by atoms with Crippen LogP contribution in [0.5, 0.6) is 0 Å². The summed E-state index contributed by atoms with van der Waals surface area (Å²) in [5.74, 6) is 1.36. The van der Waals surface area contributed by atoms with Crippen molar-refractivity contribution in [2.75, 3.05) is 13.1 Å². The molecule has 2 fully saturated rings. The van der Waals surface area contributed by atoms with Crippen LogP contribution < -0.4 is 5.69 Å². The van der Waals surface area contributed by atoms with Crippen LogP contribution in [0.4, 0.5) is 0 Å². The van der Waals surface area contributed by atoms with Crippen LogP contribution in [0, 0.1) is 0 Å². The predicted molar refractivity (Wildman–Crippen MR) is 109 cm³/mol. The highest BCUT2D eigenvalue weighted by Gasteiger charge is 2.30. The van der Waals surface area contributed by atoms with Crippen molar-refractivity contribution in [1.29, 1.82) is 0 Å². The van der Waals surface area contributed by atoms with Crippen LogP contribution in [-0.2, 0) is 13.6 Å². The monoisotopic (exact) mass is 408 g/mol. The summed E-state index contributed by atoms with van der Waals surface area (Å²) in [6.07, 6.45) is 6.68. The number of hydrogen-bond donors (Lipinski definition) is 0. The second kappa shape index (κ2) is 7.98. The first-order valence-electron chi connectivity index (χ1n) is 9.84. The van der Waals surface area contributed by atoms with E-state index in [-0.39, 0.29) is 5.69 Å². The first-order valence-corrected chi connectivity index (χ1v) is 10.6. The molecule has 1 saturated carbocycles. The van der Waals surface area contributed by atoms with Crippen molar-refractivity contribution in [3.8, 4) is 0 Å². The van der Waals surface area contributed by atoms with Gasteiger partial charge >= 0.3 is 5.69 Å². The molecule has 2 aromatic rings. The minimum absolute atomic E-state index is 0.0484. The van der Waals surface area contributed by atoms with Gasteiger partial charge in [-0.1, -0.05) is 42.1 Å². The van der Waals surface area contributed by atoms with Gasteiger partial charge in [0.2, 0.25) is 0 Å². The van der Waals surface area contributed by atoms with Crippen LogP contribution in [0.25, 0.3) is 0 Å². The molecule has 146 valence electrons. The van der Waals surface area contributed by atoms with Crippen LogP contribution in [0.2, 0.25) is 10.0 Å². The quantitative estimate of drug-likeness (QED) is 0.753. The standard InChI is InChI=1S/C20H26Cl2N4O/c1-24-20(27)26(17-4-2-3-5-17)19(23-24)14-8-10-25(11-9-14)13-15-6-7-16(21)12-18(15)22/h6-7,12,14,17H,2-5,8-11,13H2,1H3. The summed E-state index contributed by atoms with van der Waals surface area (Å²) < 4.78 is 3.52. The van der Waals surface area contributed by atoms with Gasteiger partial charge in [0.1, 0.15) is 5.82 Å². The fourth-order valence-corrected chi connectivity index (χ4v) is 4.99. The van der Waals surface area contributed by atoms with E-state index in [1.54, 1.807) is 13.1 Å². The molecule has 0 unspecified atom stereocenters. The van der Waals surface area contributed by atoms with Gasteiger partial charge in [0, 0.05) is 35.6 Å². The molecule has 1 aliphatic carbocycles. The molecule has 0 radical (unpaired) electrons. The summed E-state index contributed by atoms with van der Waals surface area (Å²) in [4.78, 5) is 15.0. The lowest BCUT2D eigenvalue weighted by Gasteiger charge is -2.32. The molecule has 4 rings (SSSR count). The summed E-state index contributed by atoms with van der Waals surface area (Å²) in [6, 6.07) is 6.04. The zero-order valence-corrected chi connectivity index (χ0v) is 17.2. The minimum Gasteiger partial charge on any atom is -0.299 e. The molecule has 1 saturated heterocycles. The number of piperidine rings is 1. The molecule has 2 heterocycles. The van der Waals surface area contributed by atoms with E-state index in [2.05, 4.69) is 10.00 Å². The molecule has 1 aromatic heterocycles. The van der Waals surface area contributed by atoms with Crippen molar-refractivity contribution < 1.29 is 0 Å². The summed E-state index contributed by atoms with van der Waals surface area (Å²) in [7, 11) is 1.77.